The highest BCUT2D eigenvalue weighted by molar-refractivity contribution is 5.73. The molecule has 0 bridgehead atoms. The molecule has 1 saturated carbocycles. The summed E-state index contributed by atoms with van der Waals surface area (Å²) in [6.07, 6.45) is 4.66. The van der Waals surface area contributed by atoms with Crippen LogP contribution in [0.2, 0.25) is 0 Å². The van der Waals surface area contributed by atoms with Gasteiger partial charge in [-0.2, -0.15) is 0 Å². The van der Waals surface area contributed by atoms with Gasteiger partial charge in [0.1, 0.15) is 0 Å². The maximum absolute atomic E-state index is 12.0. The molecule has 5 nitrogen and oxygen atoms in total. The molecular formula is C20H29N3O2. The Morgan fingerprint density at radius 1 is 1.24 bits per heavy atom. The standard InChI is InChI=1S/C20H29N3O2/c24-19(21-8-3-9-23-10-12-25-13-11-23)22-15-17-14-20(17)7-6-16-4-1-2-5-18(16)20/h1-2,4-5,17H,3,6-15H2,(H2,21,22,24)/t17-,20-/m0/s1. The molecule has 5 heteroatoms. The largest absolute Gasteiger partial charge is 0.379 e. The Kier molecular flexibility index (Phi) is 4.95. The highest BCUT2D eigenvalue weighted by Crippen LogP contribution is 2.61. The smallest absolute Gasteiger partial charge is 0.314 e. The van der Waals surface area contributed by atoms with Crippen LogP contribution in [-0.4, -0.2) is 56.9 Å². The number of carbonyl (C=O) groups excluding carboxylic acids is 1. The first-order chi connectivity index (χ1) is 12.3. The Balaban J connectivity index is 1.14. The summed E-state index contributed by atoms with van der Waals surface area (Å²) in [6.45, 7) is 6.26. The van der Waals surface area contributed by atoms with Gasteiger partial charge in [-0.25, -0.2) is 4.79 Å². The molecule has 0 unspecified atom stereocenters. The molecule has 1 spiro atoms. The number of carbonyl (C=O) groups is 1. The number of benzene rings is 1. The molecule has 2 amide bonds. The molecule has 1 aliphatic heterocycles. The zero-order chi connectivity index (χ0) is 17.1. The van der Waals surface area contributed by atoms with Crippen LogP contribution in [0.25, 0.3) is 0 Å². The van der Waals surface area contributed by atoms with Crippen molar-refractivity contribution in [2.45, 2.75) is 31.1 Å². The Morgan fingerprint density at radius 2 is 2.08 bits per heavy atom. The van der Waals surface area contributed by atoms with Gasteiger partial charge in [0.25, 0.3) is 0 Å². The third-order valence-corrected chi connectivity index (χ3v) is 6.18. The van der Waals surface area contributed by atoms with E-state index in [-0.39, 0.29) is 6.03 Å². The monoisotopic (exact) mass is 343 g/mol. The minimum Gasteiger partial charge on any atom is -0.379 e. The highest BCUT2D eigenvalue weighted by atomic mass is 16.5. The number of hydrogen-bond acceptors (Lipinski definition) is 3. The third kappa shape index (κ3) is 3.67. The molecule has 1 heterocycles. The van der Waals surface area contributed by atoms with Crippen LogP contribution < -0.4 is 10.6 Å². The van der Waals surface area contributed by atoms with Gasteiger partial charge in [-0.1, -0.05) is 24.3 Å². The van der Waals surface area contributed by atoms with E-state index >= 15 is 0 Å². The van der Waals surface area contributed by atoms with E-state index in [0.717, 1.165) is 52.4 Å². The second-order valence-corrected chi connectivity index (χ2v) is 7.66. The fourth-order valence-electron chi connectivity index (χ4n) is 4.61. The molecule has 1 aromatic carbocycles. The minimum atomic E-state index is -0.0182. The van der Waals surface area contributed by atoms with Crippen molar-refractivity contribution in [2.24, 2.45) is 5.92 Å². The fraction of sp³-hybridized carbons (Fsp3) is 0.650. The molecule has 0 radical (unpaired) electrons. The molecule has 1 aromatic rings. The average Bonchev–Trinajstić information content (AvgIpc) is 3.24. The molecule has 2 N–H and O–H groups in total. The molecule has 136 valence electrons. The van der Waals surface area contributed by atoms with Crippen molar-refractivity contribution in [3.05, 3.63) is 35.4 Å². The van der Waals surface area contributed by atoms with Gasteiger partial charge in [0.2, 0.25) is 0 Å². The number of urea groups is 1. The predicted octanol–water partition coefficient (Wildman–Crippen LogP) is 1.91. The van der Waals surface area contributed by atoms with E-state index in [2.05, 4.69) is 39.8 Å². The average molecular weight is 343 g/mol. The lowest BCUT2D eigenvalue weighted by Crippen LogP contribution is -2.40. The summed E-state index contributed by atoms with van der Waals surface area (Å²) in [5, 5.41) is 6.08. The van der Waals surface area contributed by atoms with E-state index < -0.39 is 0 Å². The molecular weight excluding hydrogens is 314 g/mol. The van der Waals surface area contributed by atoms with E-state index in [1.807, 2.05) is 0 Å². The topological polar surface area (TPSA) is 53.6 Å². The zero-order valence-corrected chi connectivity index (χ0v) is 14.9. The van der Waals surface area contributed by atoms with Gasteiger partial charge in [-0.05, 0) is 49.3 Å². The molecule has 3 aliphatic rings. The lowest BCUT2D eigenvalue weighted by Gasteiger charge is -2.26. The number of rotatable bonds is 6. The molecule has 2 atom stereocenters. The van der Waals surface area contributed by atoms with Crippen molar-refractivity contribution >= 4 is 6.03 Å². The van der Waals surface area contributed by atoms with E-state index in [9.17, 15) is 4.79 Å². The molecule has 4 rings (SSSR count). The zero-order valence-electron chi connectivity index (χ0n) is 14.9. The molecule has 25 heavy (non-hydrogen) atoms. The van der Waals surface area contributed by atoms with Gasteiger partial charge in [-0.15, -0.1) is 0 Å². The maximum Gasteiger partial charge on any atom is 0.314 e. The number of aryl methyl sites for hydroxylation is 1. The Morgan fingerprint density at radius 3 is 2.96 bits per heavy atom. The normalized spacial score (nSPS) is 27.9. The van der Waals surface area contributed by atoms with Crippen LogP contribution in [0.3, 0.4) is 0 Å². The number of fused-ring (bicyclic) bond motifs is 2. The second kappa shape index (κ2) is 7.34. The Labute approximate surface area is 150 Å². The summed E-state index contributed by atoms with van der Waals surface area (Å²) >= 11 is 0. The molecule has 1 saturated heterocycles. The minimum absolute atomic E-state index is 0.0182. The van der Waals surface area contributed by atoms with E-state index in [1.165, 1.54) is 30.4 Å². The first kappa shape index (κ1) is 16.9. The van der Waals surface area contributed by atoms with Crippen molar-refractivity contribution in [2.75, 3.05) is 45.9 Å². The van der Waals surface area contributed by atoms with E-state index in [1.54, 1.807) is 0 Å². The van der Waals surface area contributed by atoms with E-state index in [4.69, 9.17) is 4.74 Å². The number of nitrogens with one attached hydrogen (secondary N) is 2. The van der Waals surface area contributed by atoms with Crippen LogP contribution >= 0.6 is 0 Å². The Bertz CT molecular complexity index is 615. The molecule has 2 fully saturated rings. The summed E-state index contributed by atoms with van der Waals surface area (Å²) in [5.41, 5.74) is 3.41. The van der Waals surface area contributed by atoms with Gasteiger partial charge in [0.05, 0.1) is 13.2 Å². The van der Waals surface area contributed by atoms with E-state index in [0.29, 0.717) is 11.3 Å². The lowest BCUT2D eigenvalue weighted by molar-refractivity contribution is 0.0375. The lowest BCUT2D eigenvalue weighted by atomic mass is 9.95. The summed E-state index contributed by atoms with van der Waals surface area (Å²) < 4.78 is 5.34. The Hall–Kier alpha value is -1.59. The van der Waals surface area contributed by atoms with Crippen LogP contribution in [0.4, 0.5) is 4.79 Å². The van der Waals surface area contributed by atoms with Crippen LogP contribution in [0.5, 0.6) is 0 Å². The third-order valence-electron chi connectivity index (χ3n) is 6.18. The molecule has 0 aromatic heterocycles. The van der Waals surface area contributed by atoms with Crippen molar-refractivity contribution in [1.29, 1.82) is 0 Å². The van der Waals surface area contributed by atoms with Gasteiger partial charge in [-0.3, -0.25) is 4.90 Å². The summed E-state index contributed by atoms with van der Waals surface area (Å²) in [4.78, 5) is 14.4. The summed E-state index contributed by atoms with van der Waals surface area (Å²) in [6, 6.07) is 8.81. The van der Waals surface area contributed by atoms with Gasteiger partial charge >= 0.3 is 6.03 Å². The SMILES string of the molecule is O=C(NCCCN1CCOCC1)NC[C@@H]1C[C@@]12CCc1ccccc12. The number of amides is 2. The van der Waals surface area contributed by atoms with Gasteiger partial charge < -0.3 is 15.4 Å². The van der Waals surface area contributed by atoms with Crippen LogP contribution in [-0.2, 0) is 16.6 Å². The maximum atomic E-state index is 12.0. The number of ether oxygens (including phenoxy) is 1. The quantitative estimate of drug-likeness (QED) is 0.776. The predicted molar refractivity (Wildman–Crippen MR) is 97.8 cm³/mol. The van der Waals surface area contributed by atoms with Gasteiger partial charge in [0.15, 0.2) is 0 Å². The summed E-state index contributed by atoms with van der Waals surface area (Å²) in [5.74, 6) is 0.607. The fourth-order valence-corrected chi connectivity index (χ4v) is 4.61. The number of nitrogens with zero attached hydrogens (tertiary/aromatic N) is 1. The number of hydrogen-bond donors (Lipinski definition) is 2. The van der Waals surface area contributed by atoms with Crippen LogP contribution in [0.15, 0.2) is 24.3 Å². The molecule has 2 aliphatic carbocycles. The summed E-state index contributed by atoms with van der Waals surface area (Å²) in [7, 11) is 0. The first-order valence-corrected chi connectivity index (χ1v) is 9.68. The van der Waals surface area contributed by atoms with Crippen molar-refractivity contribution in [3.8, 4) is 0 Å². The first-order valence-electron chi connectivity index (χ1n) is 9.68. The van der Waals surface area contributed by atoms with Gasteiger partial charge in [0, 0.05) is 31.6 Å². The number of morpholine rings is 1. The van der Waals surface area contributed by atoms with Crippen molar-refractivity contribution < 1.29 is 9.53 Å². The highest BCUT2D eigenvalue weighted by Gasteiger charge is 2.57. The van der Waals surface area contributed by atoms with Crippen LogP contribution in [0.1, 0.15) is 30.4 Å². The van der Waals surface area contributed by atoms with Crippen molar-refractivity contribution in [1.82, 2.24) is 15.5 Å². The van der Waals surface area contributed by atoms with Crippen LogP contribution in [0, 0.1) is 5.92 Å². The van der Waals surface area contributed by atoms with Crippen molar-refractivity contribution in [3.63, 3.8) is 0 Å². The second-order valence-electron chi connectivity index (χ2n) is 7.66.